The van der Waals surface area contributed by atoms with E-state index in [1.54, 1.807) is 11.3 Å². The SMILES string of the molecule is CCN1CCN(CC(C)CNC(=NC)NCc2nc(C)c(C)s2)CC1. The van der Waals surface area contributed by atoms with Gasteiger partial charge in [0, 0.05) is 51.2 Å². The summed E-state index contributed by atoms with van der Waals surface area (Å²) in [6.07, 6.45) is 0. The van der Waals surface area contributed by atoms with Gasteiger partial charge in [0.1, 0.15) is 5.01 Å². The second kappa shape index (κ2) is 10.1. The van der Waals surface area contributed by atoms with Crippen molar-refractivity contribution in [2.45, 2.75) is 34.2 Å². The number of aryl methyl sites for hydroxylation is 2. The summed E-state index contributed by atoms with van der Waals surface area (Å²) in [6.45, 7) is 17.5. The van der Waals surface area contributed by atoms with Gasteiger partial charge in [-0.2, -0.15) is 0 Å². The average molecular weight is 367 g/mol. The molecule has 1 aliphatic heterocycles. The number of piperazine rings is 1. The summed E-state index contributed by atoms with van der Waals surface area (Å²) < 4.78 is 0. The maximum absolute atomic E-state index is 4.56. The Balaban J connectivity index is 1.67. The predicted molar refractivity (Wildman–Crippen MR) is 108 cm³/mol. The van der Waals surface area contributed by atoms with Crippen LogP contribution in [0.15, 0.2) is 4.99 Å². The fourth-order valence-electron chi connectivity index (χ4n) is 3.06. The number of likely N-dealkylation sites (N-methyl/N-ethyl adjacent to an activating group) is 1. The molecule has 1 atom stereocenters. The van der Waals surface area contributed by atoms with Gasteiger partial charge in [0.15, 0.2) is 5.96 Å². The van der Waals surface area contributed by atoms with Crippen molar-refractivity contribution in [2.24, 2.45) is 10.9 Å². The van der Waals surface area contributed by atoms with Crippen molar-refractivity contribution in [3.05, 3.63) is 15.6 Å². The van der Waals surface area contributed by atoms with Crippen LogP contribution in [0.2, 0.25) is 0 Å². The van der Waals surface area contributed by atoms with Crippen LogP contribution in [0.5, 0.6) is 0 Å². The van der Waals surface area contributed by atoms with Crippen molar-refractivity contribution in [2.75, 3.05) is 52.9 Å². The molecule has 7 heteroatoms. The first-order valence-electron chi connectivity index (χ1n) is 9.34. The first kappa shape index (κ1) is 20.1. The molecule has 0 aliphatic carbocycles. The van der Waals surface area contributed by atoms with Crippen LogP contribution in [0.3, 0.4) is 0 Å². The summed E-state index contributed by atoms with van der Waals surface area (Å²) >= 11 is 1.75. The molecule has 1 aromatic heterocycles. The van der Waals surface area contributed by atoms with Gasteiger partial charge in [0.25, 0.3) is 0 Å². The summed E-state index contributed by atoms with van der Waals surface area (Å²) in [6, 6.07) is 0. The van der Waals surface area contributed by atoms with Crippen LogP contribution in [0, 0.1) is 19.8 Å². The van der Waals surface area contributed by atoms with Gasteiger partial charge in [-0.3, -0.25) is 4.99 Å². The van der Waals surface area contributed by atoms with Crippen LogP contribution < -0.4 is 10.6 Å². The lowest BCUT2D eigenvalue weighted by molar-refractivity contribution is 0.124. The van der Waals surface area contributed by atoms with Crippen LogP contribution in [-0.4, -0.2) is 73.6 Å². The predicted octanol–water partition coefficient (Wildman–Crippen LogP) is 1.70. The van der Waals surface area contributed by atoms with E-state index in [2.05, 4.69) is 58.1 Å². The molecule has 0 saturated carbocycles. The van der Waals surface area contributed by atoms with Gasteiger partial charge < -0.3 is 20.4 Å². The molecule has 0 amide bonds. The second-order valence-electron chi connectivity index (χ2n) is 6.90. The van der Waals surface area contributed by atoms with E-state index in [1.807, 2.05) is 7.05 Å². The number of thiazole rings is 1. The molecular weight excluding hydrogens is 332 g/mol. The Morgan fingerprint density at radius 3 is 2.44 bits per heavy atom. The minimum atomic E-state index is 0.594. The third-order valence-electron chi connectivity index (χ3n) is 4.80. The molecule has 1 unspecified atom stereocenters. The highest BCUT2D eigenvalue weighted by Gasteiger charge is 2.17. The van der Waals surface area contributed by atoms with Crippen LogP contribution >= 0.6 is 11.3 Å². The molecule has 2 heterocycles. The first-order valence-corrected chi connectivity index (χ1v) is 10.2. The van der Waals surface area contributed by atoms with Crippen molar-refractivity contribution in [1.29, 1.82) is 0 Å². The quantitative estimate of drug-likeness (QED) is 0.568. The van der Waals surface area contributed by atoms with E-state index < -0.39 is 0 Å². The number of hydrogen-bond acceptors (Lipinski definition) is 5. The van der Waals surface area contributed by atoms with Crippen LogP contribution in [0.4, 0.5) is 0 Å². The van der Waals surface area contributed by atoms with Crippen molar-refractivity contribution < 1.29 is 0 Å². The van der Waals surface area contributed by atoms with Gasteiger partial charge in [-0.25, -0.2) is 4.98 Å². The highest BCUT2D eigenvalue weighted by molar-refractivity contribution is 7.11. The van der Waals surface area contributed by atoms with Gasteiger partial charge in [-0.15, -0.1) is 11.3 Å². The number of nitrogens with one attached hydrogen (secondary N) is 2. The zero-order chi connectivity index (χ0) is 18.2. The van der Waals surface area contributed by atoms with E-state index in [4.69, 9.17) is 0 Å². The third-order valence-corrected chi connectivity index (χ3v) is 5.88. The van der Waals surface area contributed by atoms with Crippen molar-refractivity contribution in [3.8, 4) is 0 Å². The molecule has 0 radical (unpaired) electrons. The van der Waals surface area contributed by atoms with Crippen molar-refractivity contribution >= 4 is 17.3 Å². The number of aromatic nitrogens is 1. The molecule has 1 fully saturated rings. The molecule has 0 spiro atoms. The lowest BCUT2D eigenvalue weighted by Crippen LogP contribution is -2.48. The summed E-state index contributed by atoms with van der Waals surface area (Å²) in [4.78, 5) is 15.3. The Morgan fingerprint density at radius 2 is 1.88 bits per heavy atom. The zero-order valence-corrected chi connectivity index (χ0v) is 17.2. The standard InChI is InChI=1S/C18H34N6S/c1-6-23-7-9-24(10-8-23)13-14(2)11-20-18(19-5)21-12-17-22-15(3)16(4)25-17/h14H,6-13H2,1-5H3,(H2,19,20,21). The number of hydrogen-bond donors (Lipinski definition) is 2. The number of aliphatic imine (C=N–C) groups is 1. The van der Waals surface area contributed by atoms with E-state index in [-0.39, 0.29) is 0 Å². The van der Waals surface area contributed by atoms with Gasteiger partial charge in [-0.1, -0.05) is 13.8 Å². The Labute approximate surface area is 156 Å². The van der Waals surface area contributed by atoms with Gasteiger partial charge in [0.2, 0.25) is 0 Å². The minimum absolute atomic E-state index is 0.594. The molecule has 1 aromatic rings. The van der Waals surface area contributed by atoms with E-state index in [0.29, 0.717) is 5.92 Å². The smallest absolute Gasteiger partial charge is 0.191 e. The van der Waals surface area contributed by atoms with Crippen molar-refractivity contribution in [3.63, 3.8) is 0 Å². The molecule has 6 nitrogen and oxygen atoms in total. The van der Waals surface area contributed by atoms with Crippen LogP contribution in [-0.2, 0) is 6.54 Å². The maximum Gasteiger partial charge on any atom is 0.191 e. The van der Waals surface area contributed by atoms with E-state index >= 15 is 0 Å². The molecule has 1 saturated heterocycles. The normalized spacial score (nSPS) is 18.4. The fraction of sp³-hybridized carbons (Fsp3) is 0.778. The number of rotatable bonds is 7. The van der Waals surface area contributed by atoms with E-state index in [1.165, 1.54) is 37.6 Å². The molecule has 2 N–H and O–H groups in total. The molecule has 25 heavy (non-hydrogen) atoms. The Kier molecular flexibility index (Phi) is 8.12. The summed E-state index contributed by atoms with van der Waals surface area (Å²) in [5, 5.41) is 7.93. The van der Waals surface area contributed by atoms with Gasteiger partial charge >= 0.3 is 0 Å². The number of guanidine groups is 1. The molecule has 1 aliphatic rings. The van der Waals surface area contributed by atoms with Gasteiger partial charge in [0.05, 0.1) is 12.2 Å². The van der Waals surface area contributed by atoms with E-state index in [9.17, 15) is 0 Å². The first-order chi connectivity index (χ1) is 12.0. The highest BCUT2D eigenvalue weighted by atomic mass is 32.1. The zero-order valence-electron chi connectivity index (χ0n) is 16.4. The fourth-order valence-corrected chi connectivity index (χ4v) is 3.93. The van der Waals surface area contributed by atoms with Gasteiger partial charge in [-0.05, 0) is 26.3 Å². The van der Waals surface area contributed by atoms with Crippen LogP contribution in [0.25, 0.3) is 0 Å². The highest BCUT2D eigenvalue weighted by Crippen LogP contribution is 2.15. The monoisotopic (exact) mass is 366 g/mol. The lowest BCUT2D eigenvalue weighted by Gasteiger charge is -2.35. The molecule has 0 bridgehead atoms. The lowest BCUT2D eigenvalue weighted by atomic mass is 10.1. The Morgan fingerprint density at radius 1 is 1.20 bits per heavy atom. The van der Waals surface area contributed by atoms with E-state index in [0.717, 1.165) is 36.3 Å². The largest absolute Gasteiger partial charge is 0.356 e. The second-order valence-corrected chi connectivity index (χ2v) is 8.18. The maximum atomic E-state index is 4.56. The Hall–Kier alpha value is -1.18. The minimum Gasteiger partial charge on any atom is -0.356 e. The topological polar surface area (TPSA) is 55.8 Å². The number of nitrogens with zero attached hydrogens (tertiary/aromatic N) is 4. The third kappa shape index (κ3) is 6.56. The average Bonchev–Trinajstić information content (AvgIpc) is 2.93. The summed E-state index contributed by atoms with van der Waals surface area (Å²) in [5.74, 6) is 1.45. The molecule has 142 valence electrons. The summed E-state index contributed by atoms with van der Waals surface area (Å²) in [5.41, 5.74) is 1.13. The van der Waals surface area contributed by atoms with Crippen molar-refractivity contribution in [1.82, 2.24) is 25.4 Å². The summed E-state index contributed by atoms with van der Waals surface area (Å²) in [7, 11) is 1.82. The molecule has 2 rings (SSSR count). The molecular formula is C18H34N6S. The van der Waals surface area contributed by atoms with Crippen LogP contribution in [0.1, 0.15) is 29.4 Å². The molecule has 0 aromatic carbocycles. The Bertz CT molecular complexity index is 528.